The molecule has 1 rings (SSSR count). The Kier molecular flexibility index (Phi) is 2.60. The quantitative estimate of drug-likeness (QED) is 0.671. The molecule has 0 heterocycles. The first-order valence-electron chi connectivity index (χ1n) is 3.19. The highest BCUT2D eigenvalue weighted by molar-refractivity contribution is 9.10. The maximum absolute atomic E-state index is 10.9. The highest BCUT2D eigenvalue weighted by Gasteiger charge is 2.07. The molecule has 0 amide bonds. The Labute approximate surface area is 80.6 Å². The average molecular weight is 248 g/mol. The van der Waals surface area contributed by atoms with Crippen LogP contribution in [0.2, 0.25) is 0 Å². The van der Waals surface area contributed by atoms with Gasteiger partial charge in [0.1, 0.15) is 7.85 Å². The first-order valence-corrected chi connectivity index (χ1v) is 5.53. The fourth-order valence-electron chi connectivity index (χ4n) is 0.867. The van der Waals surface area contributed by atoms with Gasteiger partial charge in [0, 0.05) is 4.47 Å². The van der Waals surface area contributed by atoms with Gasteiger partial charge in [-0.3, -0.25) is 0 Å². The van der Waals surface area contributed by atoms with Crippen molar-refractivity contribution >= 4 is 39.3 Å². The second kappa shape index (κ2) is 3.20. The molecule has 0 spiro atoms. The van der Waals surface area contributed by atoms with Gasteiger partial charge < -0.3 is 0 Å². The predicted molar refractivity (Wildman–Crippen MR) is 53.7 cm³/mol. The van der Waals surface area contributed by atoms with E-state index in [1.165, 1.54) is 12.1 Å². The van der Waals surface area contributed by atoms with Crippen molar-refractivity contribution < 1.29 is 8.42 Å². The number of halogens is 1. The lowest BCUT2D eigenvalue weighted by molar-refractivity contribution is 0.598. The Morgan fingerprint density at radius 1 is 1.33 bits per heavy atom. The largest absolute Gasteiger partial charge is 0.238 e. The summed E-state index contributed by atoms with van der Waals surface area (Å²) in [6.07, 6.45) is 0. The van der Waals surface area contributed by atoms with Gasteiger partial charge in [-0.05, 0) is 12.1 Å². The number of rotatable bonds is 1. The fraction of sp³-hybridized carbons (Fsp3) is 0. The van der Waals surface area contributed by atoms with Gasteiger partial charge in [-0.15, -0.1) is 0 Å². The van der Waals surface area contributed by atoms with Crippen LogP contribution in [0, 0.1) is 0 Å². The first-order chi connectivity index (χ1) is 5.39. The van der Waals surface area contributed by atoms with Crippen molar-refractivity contribution in [3.05, 3.63) is 22.7 Å². The molecule has 0 aliphatic heterocycles. The van der Waals surface area contributed by atoms with Gasteiger partial charge in [0.2, 0.25) is 10.0 Å². The van der Waals surface area contributed by atoms with E-state index in [9.17, 15) is 8.42 Å². The Bertz CT molecular complexity index is 384. The van der Waals surface area contributed by atoms with Gasteiger partial charge in [0.15, 0.2) is 0 Å². The average Bonchev–Trinajstić information content (AvgIpc) is 1.82. The molecule has 0 saturated heterocycles. The topological polar surface area (TPSA) is 60.2 Å². The van der Waals surface area contributed by atoms with Gasteiger partial charge in [0.25, 0.3) is 0 Å². The molecule has 64 valence electrons. The molecule has 0 aromatic heterocycles. The summed E-state index contributed by atoms with van der Waals surface area (Å²) in [5.41, 5.74) is 0.855. The maximum Gasteiger partial charge on any atom is 0.238 e. The summed E-state index contributed by atoms with van der Waals surface area (Å²) in [7, 11) is -1.77. The maximum atomic E-state index is 10.9. The van der Waals surface area contributed by atoms with E-state index in [-0.39, 0.29) is 4.90 Å². The molecule has 2 N–H and O–H groups in total. The van der Waals surface area contributed by atoms with Crippen LogP contribution in [-0.2, 0) is 10.0 Å². The molecule has 6 heteroatoms. The minimum atomic E-state index is -3.58. The Hall–Kier alpha value is -0.325. The highest BCUT2D eigenvalue weighted by atomic mass is 79.9. The second-order valence-corrected chi connectivity index (χ2v) is 4.99. The zero-order valence-electron chi connectivity index (χ0n) is 6.41. The van der Waals surface area contributed by atoms with Crippen LogP contribution in [0.5, 0.6) is 0 Å². The molecular formula is C6H7BBrNO2S. The SMILES string of the molecule is Bc1cc(Br)cc(S(N)(=O)=O)c1. The normalized spacial score (nSPS) is 11.5. The lowest BCUT2D eigenvalue weighted by Crippen LogP contribution is -2.15. The molecule has 0 bridgehead atoms. The third kappa shape index (κ3) is 2.33. The summed E-state index contributed by atoms with van der Waals surface area (Å²) < 4.78 is 22.5. The Balaban J connectivity index is 3.37. The van der Waals surface area contributed by atoms with Crippen LogP contribution in [0.3, 0.4) is 0 Å². The van der Waals surface area contributed by atoms with Crippen molar-refractivity contribution in [1.82, 2.24) is 0 Å². The number of sulfonamides is 1. The predicted octanol–water partition coefficient (Wildman–Crippen LogP) is -0.645. The summed E-state index contributed by atoms with van der Waals surface area (Å²) in [4.78, 5) is 0.134. The van der Waals surface area contributed by atoms with Crippen LogP contribution in [0.25, 0.3) is 0 Å². The Morgan fingerprint density at radius 3 is 2.33 bits per heavy atom. The molecule has 0 unspecified atom stereocenters. The van der Waals surface area contributed by atoms with E-state index in [0.717, 1.165) is 5.46 Å². The minimum absolute atomic E-state index is 0.134. The van der Waals surface area contributed by atoms with Gasteiger partial charge in [-0.2, -0.15) is 0 Å². The second-order valence-electron chi connectivity index (χ2n) is 2.51. The van der Waals surface area contributed by atoms with Gasteiger partial charge in [-0.25, -0.2) is 13.6 Å². The molecule has 0 radical (unpaired) electrons. The van der Waals surface area contributed by atoms with Crippen LogP contribution in [0.4, 0.5) is 0 Å². The van der Waals surface area contributed by atoms with Crippen LogP contribution >= 0.6 is 15.9 Å². The summed E-state index contributed by atoms with van der Waals surface area (Å²) in [5.74, 6) is 0. The van der Waals surface area contributed by atoms with E-state index in [1.807, 2.05) is 6.07 Å². The summed E-state index contributed by atoms with van der Waals surface area (Å²) >= 11 is 3.19. The highest BCUT2D eigenvalue weighted by Crippen LogP contribution is 2.12. The van der Waals surface area contributed by atoms with Crippen molar-refractivity contribution in [2.24, 2.45) is 5.14 Å². The Morgan fingerprint density at radius 2 is 1.92 bits per heavy atom. The molecule has 0 aliphatic rings. The van der Waals surface area contributed by atoms with Crippen molar-refractivity contribution in [1.29, 1.82) is 0 Å². The number of benzene rings is 1. The molecule has 0 fully saturated rings. The van der Waals surface area contributed by atoms with E-state index in [4.69, 9.17) is 5.14 Å². The zero-order valence-corrected chi connectivity index (χ0v) is 8.81. The lowest BCUT2D eigenvalue weighted by atomic mass is 9.97. The summed E-state index contributed by atoms with van der Waals surface area (Å²) in [6, 6.07) is 4.82. The molecule has 0 aliphatic carbocycles. The number of primary sulfonamides is 1. The van der Waals surface area contributed by atoms with Crippen LogP contribution in [0.1, 0.15) is 0 Å². The van der Waals surface area contributed by atoms with Gasteiger partial charge in [0.05, 0.1) is 4.90 Å². The van der Waals surface area contributed by atoms with Crippen LogP contribution in [0.15, 0.2) is 27.6 Å². The number of hydrogen-bond acceptors (Lipinski definition) is 2. The van der Waals surface area contributed by atoms with E-state index in [2.05, 4.69) is 15.9 Å². The van der Waals surface area contributed by atoms with E-state index in [0.29, 0.717) is 4.47 Å². The van der Waals surface area contributed by atoms with E-state index >= 15 is 0 Å². The molecular weight excluding hydrogens is 241 g/mol. The molecule has 0 saturated carbocycles. The monoisotopic (exact) mass is 247 g/mol. The molecule has 12 heavy (non-hydrogen) atoms. The molecule has 0 atom stereocenters. The van der Waals surface area contributed by atoms with Crippen molar-refractivity contribution in [2.45, 2.75) is 4.90 Å². The van der Waals surface area contributed by atoms with Gasteiger partial charge >= 0.3 is 0 Å². The van der Waals surface area contributed by atoms with Crippen molar-refractivity contribution in [3.8, 4) is 0 Å². The van der Waals surface area contributed by atoms with Crippen molar-refractivity contribution in [2.75, 3.05) is 0 Å². The fourth-order valence-corrected chi connectivity index (χ4v) is 2.27. The third-order valence-corrected chi connectivity index (χ3v) is 2.69. The standard InChI is InChI=1S/C6H7BBrNO2S/c7-4-1-5(8)3-6(2-4)12(9,10)11/h1-3H,7H2,(H2,9,10,11). The van der Waals surface area contributed by atoms with Crippen LogP contribution < -0.4 is 10.6 Å². The van der Waals surface area contributed by atoms with E-state index in [1.54, 1.807) is 7.85 Å². The first kappa shape index (κ1) is 9.76. The minimum Gasteiger partial charge on any atom is -0.225 e. The summed E-state index contributed by atoms with van der Waals surface area (Å²) in [5, 5.41) is 4.95. The van der Waals surface area contributed by atoms with Gasteiger partial charge in [-0.1, -0.05) is 27.5 Å². The third-order valence-electron chi connectivity index (χ3n) is 1.34. The molecule has 1 aromatic rings. The van der Waals surface area contributed by atoms with Crippen molar-refractivity contribution in [3.63, 3.8) is 0 Å². The van der Waals surface area contributed by atoms with E-state index < -0.39 is 10.0 Å². The summed E-state index contributed by atoms with van der Waals surface area (Å²) in [6.45, 7) is 0. The lowest BCUT2D eigenvalue weighted by Gasteiger charge is -2.00. The number of nitrogens with two attached hydrogens (primary N) is 1. The number of hydrogen-bond donors (Lipinski definition) is 1. The molecule has 3 nitrogen and oxygen atoms in total. The van der Waals surface area contributed by atoms with Crippen LogP contribution in [-0.4, -0.2) is 16.3 Å². The molecule has 1 aromatic carbocycles. The zero-order chi connectivity index (χ0) is 9.35. The smallest absolute Gasteiger partial charge is 0.225 e.